The third-order valence-electron chi connectivity index (χ3n) is 3.22. The molecule has 1 rings (SSSR count). The number of Topliss-reactive ketones (excluding diaryl/α,β-unsaturated/α-hetero) is 1. The largest absolute Gasteiger partial charge is 0.432 e. The summed E-state index contributed by atoms with van der Waals surface area (Å²) < 4.78 is 10.3. The van der Waals surface area contributed by atoms with E-state index in [1.807, 2.05) is 0 Å². The lowest BCUT2D eigenvalue weighted by Crippen LogP contribution is -2.44. The Bertz CT molecular complexity index is 282. The Labute approximate surface area is 83.6 Å². The predicted octanol–water partition coefficient (Wildman–Crippen LogP) is 1.14. The summed E-state index contributed by atoms with van der Waals surface area (Å²) in [5, 5.41) is 0. The van der Waals surface area contributed by atoms with Crippen molar-refractivity contribution in [1.29, 1.82) is 0 Å². The lowest BCUT2D eigenvalue weighted by molar-refractivity contribution is -0.225. The average Bonchev–Trinajstić information content (AvgIpc) is 2.18. The van der Waals surface area contributed by atoms with Gasteiger partial charge in [-0.25, -0.2) is 0 Å². The van der Waals surface area contributed by atoms with E-state index >= 15 is 0 Å². The summed E-state index contributed by atoms with van der Waals surface area (Å²) in [7, 11) is 1.47. The number of methoxy groups -OCH3 is 1. The van der Waals surface area contributed by atoms with Crippen molar-refractivity contribution in [2.24, 2.45) is 11.3 Å². The molecular formula is C10H16O4. The minimum atomic E-state index is -1.01. The van der Waals surface area contributed by atoms with E-state index < -0.39 is 23.1 Å². The first-order valence-corrected chi connectivity index (χ1v) is 4.54. The van der Waals surface area contributed by atoms with Gasteiger partial charge in [0, 0.05) is 14.0 Å². The van der Waals surface area contributed by atoms with Crippen molar-refractivity contribution < 1.29 is 19.1 Å². The van der Waals surface area contributed by atoms with Gasteiger partial charge in [0.15, 0.2) is 0 Å². The second-order valence-electron chi connectivity index (χ2n) is 4.34. The lowest BCUT2D eigenvalue weighted by Gasteiger charge is -2.35. The maximum absolute atomic E-state index is 11.5. The summed E-state index contributed by atoms with van der Waals surface area (Å²) in [6.07, 6.45) is 0. The molecule has 1 heterocycles. The highest BCUT2D eigenvalue weighted by Crippen LogP contribution is 2.48. The van der Waals surface area contributed by atoms with Crippen LogP contribution in [0, 0.1) is 11.3 Å². The topological polar surface area (TPSA) is 52.6 Å². The molecule has 1 saturated heterocycles. The Kier molecular flexibility index (Phi) is 2.44. The standard InChI is InChI=1S/C10H16O4/c1-6(11)7-8(12)14-10(4,13-5)9(7,2)3/h7H,1-5H3. The Balaban J connectivity index is 3.14. The number of hydrogen-bond donors (Lipinski definition) is 0. The summed E-state index contributed by atoms with van der Waals surface area (Å²) in [4.78, 5) is 22.8. The zero-order valence-corrected chi connectivity index (χ0v) is 9.21. The Morgan fingerprint density at radius 3 is 2.14 bits per heavy atom. The summed E-state index contributed by atoms with van der Waals surface area (Å²) in [6, 6.07) is 0. The fourth-order valence-electron chi connectivity index (χ4n) is 1.92. The third-order valence-corrected chi connectivity index (χ3v) is 3.22. The molecule has 14 heavy (non-hydrogen) atoms. The average molecular weight is 200 g/mol. The van der Waals surface area contributed by atoms with Crippen LogP contribution in [0.5, 0.6) is 0 Å². The minimum Gasteiger partial charge on any atom is -0.432 e. The predicted molar refractivity (Wildman–Crippen MR) is 49.5 cm³/mol. The molecule has 0 aliphatic carbocycles. The van der Waals surface area contributed by atoms with Crippen LogP contribution in [0.3, 0.4) is 0 Å². The first-order chi connectivity index (χ1) is 6.26. The van der Waals surface area contributed by atoms with Gasteiger partial charge in [0.1, 0.15) is 11.7 Å². The molecule has 0 spiro atoms. The molecule has 4 heteroatoms. The minimum absolute atomic E-state index is 0.180. The van der Waals surface area contributed by atoms with Crippen LogP contribution in [0.2, 0.25) is 0 Å². The Hall–Kier alpha value is -0.900. The van der Waals surface area contributed by atoms with E-state index in [2.05, 4.69) is 0 Å². The molecule has 0 bridgehead atoms. The number of cyclic esters (lactones) is 1. The number of ketones is 1. The van der Waals surface area contributed by atoms with Gasteiger partial charge in [-0.05, 0) is 6.92 Å². The highest BCUT2D eigenvalue weighted by Gasteiger charge is 2.61. The fourth-order valence-corrected chi connectivity index (χ4v) is 1.92. The van der Waals surface area contributed by atoms with Gasteiger partial charge in [-0.2, -0.15) is 0 Å². The van der Waals surface area contributed by atoms with Gasteiger partial charge < -0.3 is 9.47 Å². The van der Waals surface area contributed by atoms with Crippen LogP contribution in [0.25, 0.3) is 0 Å². The molecule has 1 aliphatic rings. The fraction of sp³-hybridized carbons (Fsp3) is 0.800. The highest BCUT2D eigenvalue weighted by molar-refractivity contribution is 6.00. The monoisotopic (exact) mass is 200 g/mol. The SMILES string of the molecule is COC1(C)OC(=O)C(C(C)=O)C1(C)C. The normalized spacial score (nSPS) is 35.5. The molecular weight excluding hydrogens is 184 g/mol. The summed E-state index contributed by atoms with van der Waals surface area (Å²) in [6.45, 7) is 6.67. The van der Waals surface area contributed by atoms with Gasteiger partial charge in [-0.1, -0.05) is 13.8 Å². The molecule has 2 unspecified atom stereocenters. The number of rotatable bonds is 2. The zero-order valence-electron chi connectivity index (χ0n) is 9.21. The van der Waals surface area contributed by atoms with Crippen molar-refractivity contribution >= 4 is 11.8 Å². The molecule has 1 fully saturated rings. The van der Waals surface area contributed by atoms with Crippen molar-refractivity contribution in [3.8, 4) is 0 Å². The second-order valence-corrected chi connectivity index (χ2v) is 4.34. The molecule has 0 aromatic carbocycles. The van der Waals surface area contributed by atoms with Gasteiger partial charge in [-0.15, -0.1) is 0 Å². The van der Waals surface area contributed by atoms with E-state index in [4.69, 9.17) is 9.47 Å². The van der Waals surface area contributed by atoms with Crippen LogP contribution >= 0.6 is 0 Å². The molecule has 0 saturated carbocycles. The van der Waals surface area contributed by atoms with Crippen LogP contribution < -0.4 is 0 Å². The van der Waals surface area contributed by atoms with Crippen LogP contribution in [0.4, 0.5) is 0 Å². The van der Waals surface area contributed by atoms with E-state index in [0.717, 1.165) is 0 Å². The number of carbonyl (C=O) groups is 2. The van der Waals surface area contributed by atoms with E-state index in [1.165, 1.54) is 14.0 Å². The highest BCUT2D eigenvalue weighted by atomic mass is 16.7. The number of esters is 1. The molecule has 80 valence electrons. The van der Waals surface area contributed by atoms with Gasteiger partial charge in [0.2, 0.25) is 5.79 Å². The van der Waals surface area contributed by atoms with Crippen LogP contribution in [-0.4, -0.2) is 24.6 Å². The molecule has 2 atom stereocenters. The summed E-state index contributed by atoms with van der Waals surface area (Å²) in [5.41, 5.74) is -0.634. The number of hydrogen-bond acceptors (Lipinski definition) is 4. The van der Waals surface area contributed by atoms with E-state index in [9.17, 15) is 9.59 Å². The van der Waals surface area contributed by atoms with Gasteiger partial charge in [-0.3, -0.25) is 9.59 Å². The van der Waals surface area contributed by atoms with Crippen LogP contribution in [-0.2, 0) is 19.1 Å². The van der Waals surface area contributed by atoms with Gasteiger partial charge >= 0.3 is 5.97 Å². The van der Waals surface area contributed by atoms with Crippen molar-refractivity contribution in [3.05, 3.63) is 0 Å². The van der Waals surface area contributed by atoms with E-state index in [1.54, 1.807) is 20.8 Å². The summed E-state index contributed by atoms with van der Waals surface area (Å²) in [5.74, 6) is -2.42. The van der Waals surface area contributed by atoms with Crippen molar-refractivity contribution in [2.45, 2.75) is 33.5 Å². The third kappa shape index (κ3) is 1.25. The molecule has 4 nitrogen and oxygen atoms in total. The first-order valence-electron chi connectivity index (χ1n) is 4.54. The van der Waals surface area contributed by atoms with Crippen molar-refractivity contribution in [3.63, 3.8) is 0 Å². The smallest absolute Gasteiger partial charge is 0.319 e. The molecule has 0 aromatic heterocycles. The van der Waals surface area contributed by atoms with E-state index in [-0.39, 0.29) is 5.78 Å². The molecule has 0 amide bonds. The Morgan fingerprint density at radius 2 is 1.93 bits per heavy atom. The number of carbonyl (C=O) groups excluding carboxylic acids is 2. The van der Waals surface area contributed by atoms with Gasteiger partial charge in [0.05, 0.1) is 5.41 Å². The summed E-state index contributed by atoms with van der Waals surface area (Å²) >= 11 is 0. The van der Waals surface area contributed by atoms with Crippen molar-refractivity contribution in [1.82, 2.24) is 0 Å². The lowest BCUT2D eigenvalue weighted by atomic mass is 9.73. The second kappa shape index (κ2) is 3.05. The zero-order chi connectivity index (χ0) is 11.1. The van der Waals surface area contributed by atoms with Crippen molar-refractivity contribution in [2.75, 3.05) is 7.11 Å². The molecule has 0 aromatic rings. The molecule has 0 radical (unpaired) electrons. The number of ether oxygens (including phenoxy) is 2. The van der Waals surface area contributed by atoms with Gasteiger partial charge in [0.25, 0.3) is 0 Å². The maximum Gasteiger partial charge on any atom is 0.319 e. The Morgan fingerprint density at radius 1 is 1.43 bits per heavy atom. The quantitative estimate of drug-likeness (QED) is 0.495. The van der Waals surface area contributed by atoms with E-state index in [0.29, 0.717) is 0 Å². The van der Waals surface area contributed by atoms with Crippen LogP contribution in [0.15, 0.2) is 0 Å². The maximum atomic E-state index is 11.5. The molecule has 1 aliphatic heterocycles. The molecule has 0 N–H and O–H groups in total. The first kappa shape index (κ1) is 11.2. The van der Waals surface area contributed by atoms with Crippen LogP contribution in [0.1, 0.15) is 27.7 Å².